The lowest BCUT2D eigenvalue weighted by molar-refractivity contribution is 0.102. The third kappa shape index (κ3) is 4.24. The number of pyridine rings is 1. The Bertz CT molecular complexity index is 782. The maximum absolute atomic E-state index is 12.6. The molecule has 0 radical (unpaired) electrons. The topological polar surface area (TPSA) is 60.3 Å². The maximum atomic E-state index is 12.6. The highest BCUT2D eigenvalue weighted by molar-refractivity contribution is 6.30. The van der Waals surface area contributed by atoms with Crippen LogP contribution in [-0.2, 0) is 11.3 Å². The molecule has 0 atom stereocenters. The summed E-state index contributed by atoms with van der Waals surface area (Å²) >= 11 is 5.84. The number of ether oxygens (including phenoxy) is 1. The van der Waals surface area contributed by atoms with Crippen molar-refractivity contribution in [2.75, 3.05) is 19.0 Å². The van der Waals surface area contributed by atoms with E-state index in [1.165, 1.54) is 6.07 Å². The second kappa shape index (κ2) is 8.13. The zero-order chi connectivity index (χ0) is 17.7. The molecule has 1 aromatic carbocycles. The van der Waals surface area contributed by atoms with Crippen molar-refractivity contribution in [2.45, 2.75) is 26.8 Å². The Labute approximate surface area is 146 Å². The molecule has 0 saturated heterocycles. The molecule has 0 fully saturated rings. The number of anilines is 1. The lowest BCUT2D eigenvalue weighted by atomic mass is 10.1. The second-order valence-corrected chi connectivity index (χ2v) is 6.01. The number of amides is 1. The van der Waals surface area contributed by atoms with Gasteiger partial charge in [-0.25, -0.2) is 0 Å². The van der Waals surface area contributed by atoms with Gasteiger partial charge < -0.3 is 14.6 Å². The van der Waals surface area contributed by atoms with Gasteiger partial charge in [0.15, 0.2) is 5.43 Å². The molecule has 1 amide bonds. The van der Waals surface area contributed by atoms with Gasteiger partial charge in [-0.1, -0.05) is 11.6 Å². The molecule has 0 aliphatic rings. The van der Waals surface area contributed by atoms with Crippen molar-refractivity contribution in [1.82, 2.24) is 4.57 Å². The van der Waals surface area contributed by atoms with Gasteiger partial charge in [-0.3, -0.25) is 9.59 Å². The molecule has 0 aliphatic heterocycles. The van der Waals surface area contributed by atoms with E-state index in [4.69, 9.17) is 16.3 Å². The van der Waals surface area contributed by atoms with Crippen LogP contribution in [0.15, 0.2) is 35.1 Å². The third-order valence-corrected chi connectivity index (χ3v) is 4.09. The molecular weight excluding hydrogens is 328 g/mol. The lowest BCUT2D eigenvalue weighted by Crippen LogP contribution is -2.27. The van der Waals surface area contributed by atoms with Crippen LogP contribution in [0, 0.1) is 13.8 Å². The highest BCUT2D eigenvalue weighted by atomic mass is 35.5. The molecule has 0 saturated carbocycles. The minimum atomic E-state index is -0.416. The van der Waals surface area contributed by atoms with E-state index in [0.29, 0.717) is 29.6 Å². The Morgan fingerprint density at radius 2 is 1.92 bits per heavy atom. The molecule has 0 bridgehead atoms. The Kier molecular flexibility index (Phi) is 6.17. The molecule has 5 nitrogen and oxygen atoms in total. The lowest BCUT2D eigenvalue weighted by Gasteiger charge is -2.17. The Morgan fingerprint density at radius 1 is 1.25 bits per heavy atom. The van der Waals surface area contributed by atoms with Gasteiger partial charge in [-0.05, 0) is 44.5 Å². The van der Waals surface area contributed by atoms with Crippen molar-refractivity contribution in [3.63, 3.8) is 0 Å². The van der Waals surface area contributed by atoms with Crippen LogP contribution in [0.2, 0.25) is 5.02 Å². The fraction of sp³-hybridized carbons (Fsp3) is 0.333. The summed E-state index contributed by atoms with van der Waals surface area (Å²) in [5.74, 6) is -0.416. The predicted molar refractivity (Wildman–Crippen MR) is 96.1 cm³/mol. The van der Waals surface area contributed by atoms with Crippen molar-refractivity contribution < 1.29 is 9.53 Å². The van der Waals surface area contributed by atoms with E-state index in [9.17, 15) is 9.59 Å². The average molecular weight is 349 g/mol. The number of nitrogens with zero attached hydrogens (tertiary/aromatic N) is 1. The Balaban J connectivity index is 2.31. The molecule has 0 aliphatic carbocycles. The molecular formula is C18H21ClN2O3. The number of aryl methyl sites for hydroxylation is 1. The summed E-state index contributed by atoms with van der Waals surface area (Å²) < 4.78 is 7.04. The number of carbonyl (C=O) groups is 1. The zero-order valence-corrected chi connectivity index (χ0v) is 14.8. The van der Waals surface area contributed by atoms with Crippen molar-refractivity contribution in [3.05, 3.63) is 62.5 Å². The molecule has 1 N–H and O–H groups in total. The minimum Gasteiger partial charge on any atom is -0.385 e. The smallest absolute Gasteiger partial charge is 0.261 e. The molecule has 1 aromatic heterocycles. The van der Waals surface area contributed by atoms with E-state index >= 15 is 0 Å². The van der Waals surface area contributed by atoms with Crippen LogP contribution >= 0.6 is 11.6 Å². The number of nitrogens with one attached hydrogen (secondary N) is 1. The van der Waals surface area contributed by atoms with Crippen molar-refractivity contribution in [1.29, 1.82) is 0 Å². The summed E-state index contributed by atoms with van der Waals surface area (Å²) in [6.45, 7) is 4.96. The number of benzene rings is 1. The number of halogens is 1. The first-order chi connectivity index (χ1) is 11.4. The number of hydrogen-bond donors (Lipinski definition) is 1. The molecule has 24 heavy (non-hydrogen) atoms. The van der Waals surface area contributed by atoms with Crippen LogP contribution in [0.1, 0.15) is 28.2 Å². The molecule has 2 aromatic rings. The van der Waals surface area contributed by atoms with E-state index < -0.39 is 5.91 Å². The molecule has 128 valence electrons. The zero-order valence-electron chi connectivity index (χ0n) is 14.1. The van der Waals surface area contributed by atoms with Crippen molar-refractivity contribution in [2.24, 2.45) is 0 Å². The monoisotopic (exact) mass is 348 g/mol. The highest BCUT2D eigenvalue weighted by Crippen LogP contribution is 2.15. The number of carbonyl (C=O) groups excluding carboxylic acids is 1. The fourth-order valence-electron chi connectivity index (χ4n) is 2.63. The van der Waals surface area contributed by atoms with E-state index in [2.05, 4.69) is 5.32 Å². The van der Waals surface area contributed by atoms with E-state index in [-0.39, 0.29) is 11.0 Å². The van der Waals surface area contributed by atoms with E-state index in [1.807, 2.05) is 11.5 Å². The molecule has 6 heteroatoms. The SMILES string of the molecule is COCCCn1c(C)cc(=O)c(C(=O)Nc2ccc(Cl)cc2)c1C. The largest absolute Gasteiger partial charge is 0.385 e. The molecule has 0 unspecified atom stereocenters. The van der Waals surface area contributed by atoms with Crippen LogP contribution in [0.3, 0.4) is 0 Å². The van der Waals surface area contributed by atoms with Crippen LogP contribution < -0.4 is 10.7 Å². The first-order valence-corrected chi connectivity index (χ1v) is 8.08. The summed E-state index contributed by atoms with van der Waals surface area (Å²) in [5.41, 5.74) is 1.96. The van der Waals surface area contributed by atoms with Gasteiger partial charge in [-0.2, -0.15) is 0 Å². The van der Waals surface area contributed by atoms with E-state index in [0.717, 1.165) is 12.1 Å². The van der Waals surface area contributed by atoms with Crippen molar-refractivity contribution >= 4 is 23.2 Å². The van der Waals surface area contributed by atoms with Crippen LogP contribution in [0.4, 0.5) is 5.69 Å². The van der Waals surface area contributed by atoms with Crippen LogP contribution in [0.5, 0.6) is 0 Å². The Hall–Kier alpha value is -2.11. The van der Waals surface area contributed by atoms with Gasteiger partial charge >= 0.3 is 0 Å². The van der Waals surface area contributed by atoms with Gasteiger partial charge in [-0.15, -0.1) is 0 Å². The third-order valence-electron chi connectivity index (χ3n) is 3.84. The quantitative estimate of drug-likeness (QED) is 0.814. The maximum Gasteiger partial charge on any atom is 0.261 e. The summed E-state index contributed by atoms with van der Waals surface area (Å²) in [6, 6.07) is 8.25. The average Bonchev–Trinajstić information content (AvgIpc) is 2.52. The van der Waals surface area contributed by atoms with Gasteiger partial charge in [0.05, 0.1) is 0 Å². The van der Waals surface area contributed by atoms with Gasteiger partial charge in [0.25, 0.3) is 5.91 Å². The summed E-state index contributed by atoms with van der Waals surface area (Å²) in [5, 5.41) is 3.33. The first-order valence-electron chi connectivity index (χ1n) is 7.71. The fourth-order valence-corrected chi connectivity index (χ4v) is 2.76. The van der Waals surface area contributed by atoms with E-state index in [1.54, 1.807) is 38.3 Å². The normalized spacial score (nSPS) is 10.7. The Morgan fingerprint density at radius 3 is 2.54 bits per heavy atom. The molecule has 2 rings (SSSR count). The second-order valence-electron chi connectivity index (χ2n) is 5.57. The van der Waals surface area contributed by atoms with Gasteiger partial charge in [0, 0.05) is 48.4 Å². The standard InChI is InChI=1S/C18H21ClN2O3/c1-12-11-16(22)17(13(2)21(12)9-4-10-24-3)18(23)20-15-7-5-14(19)6-8-15/h5-8,11H,4,9-10H2,1-3H3,(H,20,23). The summed E-state index contributed by atoms with van der Waals surface area (Å²) in [4.78, 5) is 24.9. The number of aromatic nitrogens is 1. The minimum absolute atomic E-state index is 0.160. The molecule has 1 heterocycles. The number of rotatable bonds is 6. The summed E-state index contributed by atoms with van der Waals surface area (Å²) in [7, 11) is 1.65. The van der Waals surface area contributed by atoms with Crippen LogP contribution in [0.25, 0.3) is 0 Å². The van der Waals surface area contributed by atoms with Gasteiger partial charge in [0.2, 0.25) is 0 Å². The summed E-state index contributed by atoms with van der Waals surface area (Å²) in [6.07, 6.45) is 0.805. The first kappa shape index (κ1) is 18.2. The number of hydrogen-bond acceptors (Lipinski definition) is 3. The van der Waals surface area contributed by atoms with Gasteiger partial charge in [0.1, 0.15) is 5.56 Å². The van der Waals surface area contributed by atoms with Crippen LogP contribution in [-0.4, -0.2) is 24.2 Å². The number of methoxy groups -OCH3 is 1. The predicted octanol–water partition coefficient (Wildman–Crippen LogP) is 3.41. The highest BCUT2D eigenvalue weighted by Gasteiger charge is 2.17. The van der Waals surface area contributed by atoms with Crippen molar-refractivity contribution in [3.8, 4) is 0 Å². The molecule has 0 spiro atoms.